The zero-order valence-corrected chi connectivity index (χ0v) is 15.9. The number of anilines is 1. The third-order valence-electron chi connectivity index (χ3n) is 3.98. The van der Waals surface area contributed by atoms with Crippen LogP contribution in [0.3, 0.4) is 0 Å². The summed E-state index contributed by atoms with van der Waals surface area (Å²) in [4.78, 5) is 35.8. The number of methoxy groups -OCH3 is 1. The molecule has 0 saturated heterocycles. The molecule has 0 aliphatic rings. The number of carbonyl (C=O) groups is 3. The summed E-state index contributed by atoms with van der Waals surface area (Å²) >= 11 is 0. The summed E-state index contributed by atoms with van der Waals surface area (Å²) in [6.45, 7) is 1.35. The van der Waals surface area contributed by atoms with Crippen molar-refractivity contribution in [1.82, 2.24) is 9.78 Å². The highest BCUT2D eigenvalue weighted by atomic mass is 16.5. The maximum absolute atomic E-state index is 12.2. The lowest BCUT2D eigenvalue weighted by atomic mass is 10.1. The van der Waals surface area contributed by atoms with Gasteiger partial charge in [0, 0.05) is 6.07 Å². The summed E-state index contributed by atoms with van der Waals surface area (Å²) < 4.78 is 11.2. The topological polar surface area (TPSA) is 99.5 Å². The van der Waals surface area contributed by atoms with Crippen molar-refractivity contribution in [3.63, 3.8) is 0 Å². The monoisotopic (exact) mass is 393 g/mol. The van der Waals surface area contributed by atoms with E-state index in [-0.39, 0.29) is 5.56 Å². The predicted molar refractivity (Wildman–Crippen MR) is 105 cm³/mol. The minimum atomic E-state index is -0.677. The molecule has 0 aliphatic carbocycles. The van der Waals surface area contributed by atoms with Crippen molar-refractivity contribution in [2.45, 2.75) is 6.92 Å². The van der Waals surface area contributed by atoms with Crippen LogP contribution in [-0.4, -0.2) is 41.3 Å². The van der Waals surface area contributed by atoms with Gasteiger partial charge in [-0.15, -0.1) is 0 Å². The average Bonchev–Trinajstić information content (AvgIpc) is 3.12. The minimum Gasteiger partial charge on any atom is -0.465 e. The fraction of sp³-hybridized carbons (Fsp3) is 0.143. The second-order valence-electron chi connectivity index (χ2n) is 6.11. The van der Waals surface area contributed by atoms with E-state index in [0.717, 1.165) is 11.4 Å². The number of aryl methyl sites for hydroxylation is 1. The summed E-state index contributed by atoms with van der Waals surface area (Å²) in [5.74, 6) is -1.21. The molecule has 1 heterocycles. The molecule has 148 valence electrons. The lowest BCUT2D eigenvalue weighted by Gasteiger charge is -2.09. The number of amides is 1. The highest BCUT2D eigenvalue weighted by Crippen LogP contribution is 2.17. The molecule has 2 aromatic carbocycles. The Bertz CT molecular complexity index is 1030. The fourth-order valence-electron chi connectivity index (χ4n) is 2.61. The van der Waals surface area contributed by atoms with Gasteiger partial charge in [-0.3, -0.25) is 4.79 Å². The molecule has 0 bridgehead atoms. The Morgan fingerprint density at radius 1 is 0.966 bits per heavy atom. The van der Waals surface area contributed by atoms with E-state index in [4.69, 9.17) is 4.74 Å². The summed E-state index contributed by atoms with van der Waals surface area (Å²) in [5.41, 5.74) is 2.05. The number of ether oxygens (including phenoxy) is 2. The van der Waals surface area contributed by atoms with E-state index >= 15 is 0 Å². The number of hydrogen-bond acceptors (Lipinski definition) is 6. The maximum atomic E-state index is 12.2. The number of benzene rings is 2. The van der Waals surface area contributed by atoms with Gasteiger partial charge >= 0.3 is 11.9 Å². The molecule has 0 atom stereocenters. The van der Waals surface area contributed by atoms with Gasteiger partial charge in [-0.1, -0.05) is 18.2 Å². The molecular weight excluding hydrogens is 374 g/mol. The molecule has 1 N–H and O–H groups in total. The van der Waals surface area contributed by atoms with Gasteiger partial charge in [0.1, 0.15) is 5.82 Å². The van der Waals surface area contributed by atoms with Crippen LogP contribution in [-0.2, 0) is 14.3 Å². The van der Waals surface area contributed by atoms with Gasteiger partial charge in [0.15, 0.2) is 6.61 Å². The Morgan fingerprint density at radius 2 is 1.59 bits per heavy atom. The molecule has 1 aromatic heterocycles. The van der Waals surface area contributed by atoms with Crippen LogP contribution in [0.2, 0.25) is 0 Å². The number of carbonyl (C=O) groups excluding carboxylic acids is 3. The SMILES string of the molecule is COC(=O)c1ccc(C(=O)OCC(=O)Nc2cc(C)nn2-c2ccccc2)cc1. The van der Waals surface area contributed by atoms with Crippen molar-refractivity contribution < 1.29 is 23.9 Å². The lowest BCUT2D eigenvalue weighted by molar-refractivity contribution is -0.119. The van der Waals surface area contributed by atoms with Crippen LogP contribution in [0.25, 0.3) is 5.69 Å². The number of esters is 2. The van der Waals surface area contributed by atoms with Crippen LogP contribution in [0, 0.1) is 6.92 Å². The highest BCUT2D eigenvalue weighted by molar-refractivity contribution is 5.96. The first-order chi connectivity index (χ1) is 14.0. The molecular formula is C21H19N3O5. The van der Waals surface area contributed by atoms with Crippen LogP contribution >= 0.6 is 0 Å². The number of para-hydroxylation sites is 1. The van der Waals surface area contributed by atoms with E-state index in [9.17, 15) is 14.4 Å². The Balaban J connectivity index is 1.61. The molecule has 8 nitrogen and oxygen atoms in total. The smallest absolute Gasteiger partial charge is 0.338 e. The first-order valence-electron chi connectivity index (χ1n) is 8.75. The van der Waals surface area contributed by atoms with E-state index in [1.165, 1.54) is 31.4 Å². The van der Waals surface area contributed by atoms with Crippen LogP contribution in [0.5, 0.6) is 0 Å². The van der Waals surface area contributed by atoms with Gasteiger partial charge in [0.05, 0.1) is 29.6 Å². The first-order valence-corrected chi connectivity index (χ1v) is 8.75. The van der Waals surface area contributed by atoms with Gasteiger partial charge in [0.2, 0.25) is 0 Å². The summed E-state index contributed by atoms with van der Waals surface area (Å²) in [6, 6.07) is 16.8. The first kappa shape index (κ1) is 19.8. The largest absolute Gasteiger partial charge is 0.465 e. The average molecular weight is 393 g/mol. The Hall–Kier alpha value is -3.94. The predicted octanol–water partition coefficient (Wildman–Crippen LogP) is 2.76. The van der Waals surface area contributed by atoms with Crippen molar-refractivity contribution >= 4 is 23.7 Å². The van der Waals surface area contributed by atoms with Gasteiger partial charge < -0.3 is 14.8 Å². The van der Waals surface area contributed by atoms with Crippen molar-refractivity contribution in [3.05, 3.63) is 77.5 Å². The van der Waals surface area contributed by atoms with E-state index in [1.54, 1.807) is 10.7 Å². The van der Waals surface area contributed by atoms with Gasteiger partial charge in [-0.25, -0.2) is 14.3 Å². The van der Waals surface area contributed by atoms with Gasteiger partial charge in [-0.2, -0.15) is 5.10 Å². The van der Waals surface area contributed by atoms with E-state index in [2.05, 4.69) is 15.2 Å². The van der Waals surface area contributed by atoms with E-state index in [1.807, 2.05) is 37.3 Å². The van der Waals surface area contributed by atoms with Crippen LogP contribution in [0.4, 0.5) is 5.82 Å². The Morgan fingerprint density at radius 3 is 2.21 bits per heavy atom. The molecule has 0 radical (unpaired) electrons. The molecule has 3 rings (SSSR count). The van der Waals surface area contributed by atoms with Crippen molar-refractivity contribution in [2.75, 3.05) is 19.0 Å². The minimum absolute atomic E-state index is 0.218. The maximum Gasteiger partial charge on any atom is 0.338 e. The fourth-order valence-corrected chi connectivity index (χ4v) is 2.61. The molecule has 0 fully saturated rings. The van der Waals surface area contributed by atoms with Crippen LogP contribution in [0.15, 0.2) is 60.7 Å². The van der Waals surface area contributed by atoms with Crippen molar-refractivity contribution in [3.8, 4) is 5.69 Å². The Kier molecular flexibility index (Phi) is 6.03. The molecule has 8 heteroatoms. The molecule has 1 amide bonds. The number of hydrogen-bond donors (Lipinski definition) is 1. The second-order valence-corrected chi connectivity index (χ2v) is 6.11. The molecule has 0 unspecified atom stereocenters. The number of nitrogens with zero attached hydrogens (tertiary/aromatic N) is 2. The molecule has 0 aliphatic heterocycles. The number of aromatic nitrogens is 2. The Labute approximate surface area is 167 Å². The summed E-state index contributed by atoms with van der Waals surface area (Å²) in [6.07, 6.45) is 0. The van der Waals surface area contributed by atoms with E-state index < -0.39 is 24.5 Å². The molecule has 3 aromatic rings. The number of rotatable bonds is 6. The zero-order chi connectivity index (χ0) is 20.8. The van der Waals surface area contributed by atoms with E-state index in [0.29, 0.717) is 11.4 Å². The quantitative estimate of drug-likeness (QED) is 0.647. The standard InChI is InChI=1S/C21H19N3O5/c1-14-12-18(24(23-14)17-6-4-3-5-7-17)22-19(25)13-29-21(27)16-10-8-15(9-11-16)20(26)28-2/h3-12H,13H2,1-2H3,(H,22,25). The third kappa shape index (κ3) is 4.86. The van der Waals surface area contributed by atoms with Crippen molar-refractivity contribution in [2.24, 2.45) is 0 Å². The molecule has 0 spiro atoms. The summed E-state index contributed by atoms with van der Waals surface area (Å²) in [5, 5.41) is 7.05. The van der Waals surface area contributed by atoms with Gasteiger partial charge in [-0.05, 0) is 43.3 Å². The molecule has 0 saturated carbocycles. The lowest BCUT2D eigenvalue weighted by Crippen LogP contribution is -2.22. The van der Waals surface area contributed by atoms with Crippen LogP contribution < -0.4 is 5.32 Å². The van der Waals surface area contributed by atoms with Gasteiger partial charge in [0.25, 0.3) is 5.91 Å². The highest BCUT2D eigenvalue weighted by Gasteiger charge is 2.14. The molecule has 29 heavy (non-hydrogen) atoms. The zero-order valence-electron chi connectivity index (χ0n) is 15.9. The van der Waals surface area contributed by atoms with Crippen molar-refractivity contribution in [1.29, 1.82) is 0 Å². The second kappa shape index (κ2) is 8.83. The number of nitrogens with one attached hydrogen (secondary N) is 1. The van der Waals surface area contributed by atoms with Crippen LogP contribution in [0.1, 0.15) is 26.4 Å². The summed E-state index contributed by atoms with van der Waals surface area (Å²) in [7, 11) is 1.27. The normalized spacial score (nSPS) is 10.3. The third-order valence-corrected chi connectivity index (χ3v) is 3.98.